The molecule has 0 spiro atoms. The lowest BCUT2D eigenvalue weighted by Gasteiger charge is -2.07. The molecule has 170 valence electrons. The average Bonchev–Trinajstić information content (AvgIpc) is 3.41. The van der Waals surface area contributed by atoms with E-state index in [0.29, 0.717) is 33.4 Å². The second-order valence-electron chi connectivity index (χ2n) is 7.94. The summed E-state index contributed by atoms with van der Waals surface area (Å²) < 4.78 is 30.7. The third-order valence-corrected chi connectivity index (χ3v) is 5.71. The number of rotatable bonds is 6. The second-order valence-corrected chi connectivity index (χ2v) is 7.94. The van der Waals surface area contributed by atoms with Crippen molar-refractivity contribution < 1.29 is 27.6 Å². The number of amides is 1. The first-order valence-corrected chi connectivity index (χ1v) is 10.6. The Kier molecular flexibility index (Phi) is 5.37. The van der Waals surface area contributed by atoms with Gasteiger partial charge in [0.25, 0.3) is 0 Å². The molecule has 5 rings (SSSR count). The Labute approximate surface area is 193 Å². The molecule has 34 heavy (non-hydrogen) atoms. The van der Waals surface area contributed by atoms with Crippen LogP contribution in [0, 0.1) is 12.7 Å². The summed E-state index contributed by atoms with van der Waals surface area (Å²) >= 11 is 0. The van der Waals surface area contributed by atoms with Crippen molar-refractivity contribution in [2.45, 2.75) is 13.3 Å². The van der Waals surface area contributed by atoms with Crippen molar-refractivity contribution in [2.75, 3.05) is 12.4 Å². The second kappa shape index (κ2) is 8.51. The molecule has 2 heterocycles. The van der Waals surface area contributed by atoms with Crippen LogP contribution in [0.4, 0.5) is 10.1 Å². The zero-order chi connectivity index (χ0) is 23.8. The first-order chi connectivity index (χ1) is 16.4. The van der Waals surface area contributed by atoms with Crippen LogP contribution in [0.2, 0.25) is 0 Å². The number of ether oxygens (including phenoxy) is 1. The van der Waals surface area contributed by atoms with Gasteiger partial charge in [-0.25, -0.2) is 4.39 Å². The number of carbonyl (C=O) groups is 2. The molecule has 0 aliphatic rings. The van der Waals surface area contributed by atoms with E-state index >= 15 is 0 Å². The minimum atomic E-state index is -0.524. The van der Waals surface area contributed by atoms with Gasteiger partial charge in [0.2, 0.25) is 11.7 Å². The molecule has 1 amide bonds. The third kappa shape index (κ3) is 3.81. The molecule has 0 saturated carbocycles. The van der Waals surface area contributed by atoms with Gasteiger partial charge in [0.15, 0.2) is 5.76 Å². The van der Waals surface area contributed by atoms with Crippen LogP contribution in [0.3, 0.4) is 0 Å². The summed E-state index contributed by atoms with van der Waals surface area (Å²) in [5, 5.41) is 4.16. The Morgan fingerprint density at radius 1 is 1.00 bits per heavy atom. The standard InChI is InChI=1S/C27H20FNO5/c1-15-7-8-16(11-21(15)28)26(31)27-25(19-5-3-4-6-23(19)34-27)29-24(30)12-17-14-33-22-10-9-18(32-2)13-20(17)22/h3-11,13-14H,12H2,1-2H3,(H,29,30). The first kappa shape index (κ1) is 21.5. The highest BCUT2D eigenvalue weighted by molar-refractivity contribution is 6.17. The minimum Gasteiger partial charge on any atom is -0.497 e. The molecule has 0 bridgehead atoms. The maximum absolute atomic E-state index is 14.1. The Bertz CT molecular complexity index is 1560. The molecule has 0 aliphatic carbocycles. The van der Waals surface area contributed by atoms with E-state index in [1.165, 1.54) is 24.5 Å². The maximum atomic E-state index is 14.1. The van der Waals surface area contributed by atoms with Gasteiger partial charge in [0, 0.05) is 21.9 Å². The third-order valence-electron chi connectivity index (χ3n) is 5.71. The number of para-hydroxylation sites is 1. The topological polar surface area (TPSA) is 81.7 Å². The number of ketones is 1. The molecule has 0 fully saturated rings. The largest absolute Gasteiger partial charge is 0.497 e. The van der Waals surface area contributed by atoms with E-state index in [1.54, 1.807) is 56.5 Å². The van der Waals surface area contributed by atoms with E-state index in [-0.39, 0.29) is 29.3 Å². The zero-order valence-electron chi connectivity index (χ0n) is 18.5. The first-order valence-electron chi connectivity index (χ1n) is 10.6. The van der Waals surface area contributed by atoms with E-state index in [1.807, 2.05) is 0 Å². The number of fused-ring (bicyclic) bond motifs is 2. The van der Waals surface area contributed by atoms with Gasteiger partial charge in [-0.1, -0.05) is 24.3 Å². The predicted octanol–water partition coefficient (Wildman–Crippen LogP) is 6.05. The summed E-state index contributed by atoms with van der Waals surface area (Å²) in [7, 11) is 1.57. The molecule has 0 aliphatic heterocycles. The predicted molar refractivity (Wildman–Crippen MR) is 126 cm³/mol. The highest BCUT2D eigenvalue weighted by Gasteiger charge is 2.24. The number of halogens is 1. The Hall–Kier alpha value is -4.39. The quantitative estimate of drug-likeness (QED) is 0.314. The van der Waals surface area contributed by atoms with E-state index in [4.69, 9.17) is 13.6 Å². The van der Waals surface area contributed by atoms with Crippen LogP contribution >= 0.6 is 0 Å². The smallest absolute Gasteiger partial charge is 0.230 e. The van der Waals surface area contributed by atoms with Crippen LogP contribution in [-0.4, -0.2) is 18.8 Å². The van der Waals surface area contributed by atoms with Gasteiger partial charge in [-0.15, -0.1) is 0 Å². The van der Waals surface area contributed by atoms with Crippen molar-refractivity contribution >= 4 is 39.3 Å². The highest BCUT2D eigenvalue weighted by Crippen LogP contribution is 2.33. The lowest BCUT2D eigenvalue weighted by atomic mass is 10.0. The Morgan fingerprint density at radius 2 is 1.82 bits per heavy atom. The molecule has 0 unspecified atom stereocenters. The summed E-state index contributed by atoms with van der Waals surface area (Å²) in [6.07, 6.45) is 1.53. The molecule has 0 radical (unpaired) electrons. The molecule has 0 atom stereocenters. The summed E-state index contributed by atoms with van der Waals surface area (Å²) in [6.45, 7) is 1.62. The number of anilines is 1. The van der Waals surface area contributed by atoms with E-state index in [9.17, 15) is 14.0 Å². The Morgan fingerprint density at radius 3 is 2.62 bits per heavy atom. The van der Waals surface area contributed by atoms with Gasteiger partial charge >= 0.3 is 0 Å². The van der Waals surface area contributed by atoms with Crippen molar-refractivity contribution in [1.82, 2.24) is 0 Å². The number of aryl methyl sites for hydroxylation is 1. The normalized spacial score (nSPS) is 11.1. The molecule has 5 aromatic rings. The van der Waals surface area contributed by atoms with Crippen molar-refractivity contribution in [2.24, 2.45) is 0 Å². The molecule has 6 nitrogen and oxygen atoms in total. The van der Waals surface area contributed by atoms with E-state index < -0.39 is 11.6 Å². The van der Waals surface area contributed by atoms with Gasteiger partial charge in [-0.2, -0.15) is 0 Å². The van der Waals surface area contributed by atoms with Crippen LogP contribution < -0.4 is 10.1 Å². The fourth-order valence-electron chi connectivity index (χ4n) is 3.88. The monoisotopic (exact) mass is 457 g/mol. The zero-order valence-corrected chi connectivity index (χ0v) is 18.5. The Balaban J connectivity index is 1.49. The molecule has 0 saturated heterocycles. The molecule has 2 aromatic heterocycles. The average molecular weight is 457 g/mol. The number of hydrogen-bond donors (Lipinski definition) is 1. The maximum Gasteiger partial charge on any atom is 0.230 e. The molecule has 3 aromatic carbocycles. The van der Waals surface area contributed by atoms with Crippen molar-refractivity contribution in [3.8, 4) is 5.75 Å². The highest BCUT2D eigenvalue weighted by atomic mass is 19.1. The van der Waals surface area contributed by atoms with Gasteiger partial charge in [-0.05, 0) is 48.9 Å². The van der Waals surface area contributed by atoms with Crippen LogP contribution in [0.5, 0.6) is 5.75 Å². The van der Waals surface area contributed by atoms with E-state index in [0.717, 1.165) is 5.39 Å². The lowest BCUT2D eigenvalue weighted by molar-refractivity contribution is -0.115. The number of nitrogens with one attached hydrogen (secondary N) is 1. The van der Waals surface area contributed by atoms with Gasteiger partial charge in [-0.3, -0.25) is 9.59 Å². The van der Waals surface area contributed by atoms with Crippen molar-refractivity contribution in [1.29, 1.82) is 0 Å². The number of hydrogen-bond acceptors (Lipinski definition) is 5. The van der Waals surface area contributed by atoms with Gasteiger partial charge < -0.3 is 18.9 Å². The lowest BCUT2D eigenvalue weighted by Crippen LogP contribution is -2.16. The summed E-state index contributed by atoms with van der Waals surface area (Å²) in [6, 6.07) is 16.6. The number of benzene rings is 3. The molecular weight excluding hydrogens is 437 g/mol. The minimum absolute atomic E-state index is 0.00641. The van der Waals surface area contributed by atoms with Crippen LogP contribution in [-0.2, 0) is 11.2 Å². The van der Waals surface area contributed by atoms with E-state index in [2.05, 4.69) is 5.32 Å². The number of methoxy groups -OCH3 is 1. The van der Waals surface area contributed by atoms with Crippen molar-refractivity contribution in [3.05, 3.63) is 95.2 Å². The van der Waals surface area contributed by atoms with Crippen LogP contribution in [0.1, 0.15) is 27.2 Å². The number of carbonyl (C=O) groups excluding carboxylic acids is 2. The van der Waals surface area contributed by atoms with Crippen LogP contribution in [0.15, 0.2) is 75.8 Å². The fraction of sp³-hybridized carbons (Fsp3) is 0.111. The molecule has 1 N–H and O–H groups in total. The SMILES string of the molecule is COc1ccc2occ(CC(=O)Nc3c(C(=O)c4ccc(C)c(F)c4)oc4ccccc34)c2c1. The fourth-order valence-corrected chi connectivity index (χ4v) is 3.88. The summed E-state index contributed by atoms with van der Waals surface area (Å²) in [4.78, 5) is 26.2. The molecule has 7 heteroatoms. The van der Waals surface area contributed by atoms with Crippen LogP contribution in [0.25, 0.3) is 21.9 Å². The molecular formula is C27H20FNO5. The van der Waals surface area contributed by atoms with Gasteiger partial charge in [0.05, 0.1) is 25.5 Å². The number of furan rings is 2. The summed E-state index contributed by atoms with van der Waals surface area (Å²) in [5.74, 6) is -0.786. The van der Waals surface area contributed by atoms with Gasteiger partial charge in [0.1, 0.15) is 22.7 Å². The van der Waals surface area contributed by atoms with Crippen molar-refractivity contribution in [3.63, 3.8) is 0 Å². The summed E-state index contributed by atoms with van der Waals surface area (Å²) in [5.41, 5.74) is 2.55.